The maximum atomic E-state index is 12.8. The number of rotatable bonds is 5. The number of amides is 2. The van der Waals surface area contributed by atoms with Crippen molar-refractivity contribution in [1.29, 1.82) is 0 Å². The number of carboxylic acids is 1. The van der Waals surface area contributed by atoms with Gasteiger partial charge in [0.2, 0.25) is 0 Å². The van der Waals surface area contributed by atoms with Crippen molar-refractivity contribution in [1.82, 2.24) is 15.2 Å². The molecule has 1 aliphatic heterocycles. The maximum absolute atomic E-state index is 12.8. The molecule has 1 atom stereocenters. The number of nitrogens with zero attached hydrogens (tertiary/aromatic N) is 1. The summed E-state index contributed by atoms with van der Waals surface area (Å²) in [4.78, 5) is 41.7. The van der Waals surface area contributed by atoms with E-state index in [2.05, 4.69) is 42.2 Å². The lowest BCUT2D eigenvalue weighted by Gasteiger charge is -2.32. The van der Waals surface area contributed by atoms with Crippen molar-refractivity contribution in [3.8, 4) is 5.75 Å². The van der Waals surface area contributed by atoms with Crippen LogP contribution in [0.25, 0.3) is 10.9 Å². The molecule has 1 saturated heterocycles. The highest BCUT2D eigenvalue weighted by Crippen LogP contribution is 2.33. The lowest BCUT2D eigenvalue weighted by molar-refractivity contribution is -0.139. The number of aliphatic carboxylic acids is 1. The summed E-state index contributed by atoms with van der Waals surface area (Å²) in [6, 6.07) is 11.2. The molecule has 2 amide bonds. The average molecular weight is 593 g/mol. The minimum atomic E-state index is -1.15. The Morgan fingerprint density at radius 1 is 1.12 bits per heavy atom. The third-order valence-electron chi connectivity index (χ3n) is 6.12. The van der Waals surface area contributed by atoms with Gasteiger partial charge in [0, 0.05) is 30.6 Å². The summed E-state index contributed by atoms with van der Waals surface area (Å²) in [5.41, 5.74) is 2.03. The van der Waals surface area contributed by atoms with Gasteiger partial charge in [-0.2, -0.15) is 0 Å². The van der Waals surface area contributed by atoms with Crippen LogP contribution in [0.15, 0.2) is 56.2 Å². The smallest absolute Gasteiger partial charge is 0.326 e. The van der Waals surface area contributed by atoms with Crippen LogP contribution in [0.1, 0.15) is 29.9 Å². The Bertz CT molecular complexity index is 1280. The number of carbonyl (C=O) groups excluding carboxylic acids is 1. The van der Waals surface area contributed by atoms with Crippen LogP contribution in [-0.2, 0) is 11.2 Å². The molecule has 1 aliphatic rings. The molecule has 34 heavy (non-hydrogen) atoms. The van der Waals surface area contributed by atoms with Crippen LogP contribution in [0.5, 0.6) is 5.75 Å². The first-order chi connectivity index (χ1) is 16.2. The van der Waals surface area contributed by atoms with Gasteiger partial charge in [-0.3, -0.25) is 4.79 Å². The van der Waals surface area contributed by atoms with E-state index in [1.165, 1.54) is 0 Å². The highest BCUT2D eigenvalue weighted by Gasteiger charge is 2.29. The average Bonchev–Trinajstić information content (AvgIpc) is 2.81. The number of urea groups is 1. The van der Waals surface area contributed by atoms with E-state index in [-0.39, 0.29) is 23.6 Å². The molecule has 0 radical (unpaired) electrons. The molecular formula is C24H23Br2N3O5. The summed E-state index contributed by atoms with van der Waals surface area (Å²) in [7, 11) is 0. The van der Waals surface area contributed by atoms with Crippen LogP contribution in [0.2, 0.25) is 0 Å². The molecule has 0 bridgehead atoms. The molecule has 1 fully saturated rings. The standard InChI is InChI=1S/C24H23Br2N3O5/c25-17-9-13(10-18(26)21(17)30)11-20(23(32)33)28-24(34)29-7-5-14(6-8-29)16-12-15-3-1-2-4-19(15)27-22(16)31/h1-4,9-10,12,14,20,30H,5-8,11H2,(H,27,31)(H,28,34)(H,32,33). The second-order valence-electron chi connectivity index (χ2n) is 8.35. The number of aromatic hydroxyl groups is 1. The lowest BCUT2D eigenvalue weighted by atomic mass is 9.89. The highest BCUT2D eigenvalue weighted by molar-refractivity contribution is 9.11. The third kappa shape index (κ3) is 5.28. The molecule has 10 heteroatoms. The number of carbonyl (C=O) groups is 2. The molecule has 0 spiro atoms. The van der Waals surface area contributed by atoms with Crippen molar-refractivity contribution >= 4 is 54.8 Å². The quantitative estimate of drug-likeness (QED) is 0.351. The number of carboxylic acid groups (broad SMARTS) is 1. The number of phenols is 1. The largest absolute Gasteiger partial charge is 0.506 e. The number of aromatic amines is 1. The van der Waals surface area contributed by atoms with Crippen molar-refractivity contribution in [2.75, 3.05) is 13.1 Å². The minimum absolute atomic E-state index is 0.0211. The number of aromatic nitrogens is 1. The van der Waals surface area contributed by atoms with Crippen molar-refractivity contribution in [2.24, 2.45) is 0 Å². The van der Waals surface area contributed by atoms with Gasteiger partial charge in [0.1, 0.15) is 11.8 Å². The first kappa shape index (κ1) is 24.3. The number of fused-ring (bicyclic) bond motifs is 1. The van der Waals surface area contributed by atoms with Gasteiger partial charge in [0.15, 0.2) is 0 Å². The number of phenolic OH excluding ortho intramolecular Hbond substituents is 1. The van der Waals surface area contributed by atoms with Crippen LogP contribution in [-0.4, -0.2) is 51.2 Å². The van der Waals surface area contributed by atoms with Gasteiger partial charge in [0.05, 0.1) is 8.95 Å². The van der Waals surface area contributed by atoms with Gasteiger partial charge in [-0.15, -0.1) is 0 Å². The van der Waals surface area contributed by atoms with E-state index in [4.69, 9.17) is 0 Å². The number of nitrogens with one attached hydrogen (secondary N) is 2. The van der Waals surface area contributed by atoms with Crippen molar-refractivity contribution < 1.29 is 19.8 Å². The van der Waals surface area contributed by atoms with Gasteiger partial charge in [0.25, 0.3) is 5.56 Å². The Balaban J connectivity index is 1.40. The Morgan fingerprint density at radius 2 is 1.76 bits per heavy atom. The van der Waals surface area contributed by atoms with E-state index >= 15 is 0 Å². The summed E-state index contributed by atoms with van der Waals surface area (Å²) >= 11 is 6.47. The maximum Gasteiger partial charge on any atom is 0.326 e. The topological polar surface area (TPSA) is 123 Å². The minimum Gasteiger partial charge on any atom is -0.506 e. The number of hydrogen-bond donors (Lipinski definition) is 4. The molecule has 4 rings (SSSR count). The van der Waals surface area contributed by atoms with Crippen LogP contribution in [0.4, 0.5) is 4.79 Å². The van der Waals surface area contributed by atoms with Crippen LogP contribution in [0, 0.1) is 0 Å². The predicted octanol–water partition coefficient (Wildman–Crippen LogP) is 4.34. The Labute approximate surface area is 212 Å². The normalized spacial score (nSPS) is 15.3. The van der Waals surface area contributed by atoms with E-state index < -0.39 is 18.0 Å². The summed E-state index contributed by atoms with van der Waals surface area (Å²) in [5.74, 6) is -1.10. The monoisotopic (exact) mass is 591 g/mol. The van der Waals surface area contributed by atoms with Crippen molar-refractivity contribution in [3.63, 3.8) is 0 Å². The summed E-state index contributed by atoms with van der Waals surface area (Å²) < 4.78 is 0.858. The second-order valence-corrected chi connectivity index (χ2v) is 10.1. The zero-order chi connectivity index (χ0) is 24.4. The molecule has 1 aromatic heterocycles. The second kappa shape index (κ2) is 10.2. The highest BCUT2D eigenvalue weighted by atomic mass is 79.9. The zero-order valence-electron chi connectivity index (χ0n) is 18.1. The van der Waals surface area contributed by atoms with Gasteiger partial charge < -0.3 is 25.4 Å². The van der Waals surface area contributed by atoms with E-state index in [1.807, 2.05) is 30.3 Å². The van der Waals surface area contributed by atoms with Gasteiger partial charge >= 0.3 is 12.0 Å². The molecule has 2 aromatic carbocycles. The van der Waals surface area contributed by atoms with E-state index in [1.54, 1.807) is 17.0 Å². The van der Waals surface area contributed by atoms with Crippen LogP contribution < -0.4 is 10.9 Å². The fourth-order valence-electron chi connectivity index (χ4n) is 4.27. The number of likely N-dealkylation sites (tertiary alicyclic amines) is 1. The molecule has 0 saturated carbocycles. The molecule has 0 aliphatic carbocycles. The molecule has 8 nitrogen and oxygen atoms in total. The summed E-state index contributed by atoms with van der Waals surface area (Å²) in [6.45, 7) is 0.844. The van der Waals surface area contributed by atoms with Crippen molar-refractivity contribution in [3.05, 3.63) is 72.9 Å². The molecule has 178 valence electrons. The lowest BCUT2D eigenvalue weighted by Crippen LogP contribution is -2.50. The van der Waals surface area contributed by atoms with Crippen LogP contribution in [0.3, 0.4) is 0 Å². The third-order valence-corrected chi connectivity index (χ3v) is 7.33. The van der Waals surface area contributed by atoms with E-state index in [0.29, 0.717) is 46.0 Å². The number of H-pyrrole nitrogens is 1. The predicted molar refractivity (Wildman–Crippen MR) is 135 cm³/mol. The Kier molecular flexibility index (Phi) is 7.27. The van der Waals surface area contributed by atoms with Gasteiger partial charge in [-0.05, 0) is 85.8 Å². The number of para-hydroxylation sites is 1. The SMILES string of the molecule is O=C(O)C(Cc1cc(Br)c(O)c(Br)c1)NC(=O)N1CCC(c2cc3ccccc3[nH]c2=O)CC1. The molecule has 4 N–H and O–H groups in total. The number of benzene rings is 2. The van der Waals surface area contributed by atoms with E-state index in [0.717, 1.165) is 10.9 Å². The molecule has 2 heterocycles. The molecule has 1 unspecified atom stereocenters. The van der Waals surface area contributed by atoms with E-state index in [9.17, 15) is 24.6 Å². The summed E-state index contributed by atoms with van der Waals surface area (Å²) in [5, 5.41) is 23.1. The molecule has 3 aromatic rings. The summed E-state index contributed by atoms with van der Waals surface area (Å²) in [6.07, 6.45) is 1.29. The zero-order valence-corrected chi connectivity index (χ0v) is 21.2. The fourth-order valence-corrected chi connectivity index (χ4v) is 5.55. The Morgan fingerprint density at radius 3 is 2.41 bits per heavy atom. The fraction of sp³-hybridized carbons (Fsp3) is 0.292. The first-order valence-electron chi connectivity index (χ1n) is 10.8. The number of halogens is 2. The number of piperidine rings is 1. The van der Waals surface area contributed by atoms with Crippen LogP contribution >= 0.6 is 31.9 Å². The Hall–Kier alpha value is -2.85. The van der Waals surface area contributed by atoms with Gasteiger partial charge in [-0.25, -0.2) is 9.59 Å². The number of hydrogen-bond acceptors (Lipinski definition) is 4. The van der Waals surface area contributed by atoms with Gasteiger partial charge in [-0.1, -0.05) is 18.2 Å². The number of pyridine rings is 1. The molecular weight excluding hydrogens is 570 g/mol. The first-order valence-corrected chi connectivity index (χ1v) is 12.4. The van der Waals surface area contributed by atoms with Crippen molar-refractivity contribution in [2.45, 2.75) is 31.2 Å².